The zero-order chi connectivity index (χ0) is 20.4. The number of rotatable bonds is 8. The van der Waals surface area contributed by atoms with Gasteiger partial charge in [-0.05, 0) is 24.3 Å². The Morgan fingerprint density at radius 2 is 2.00 bits per heavy atom. The van der Waals surface area contributed by atoms with Crippen molar-refractivity contribution in [3.05, 3.63) is 53.1 Å². The monoisotopic (exact) mass is 399 g/mol. The van der Waals surface area contributed by atoms with Gasteiger partial charge in [-0.25, -0.2) is 5.43 Å². The summed E-state index contributed by atoms with van der Waals surface area (Å²) in [5.41, 5.74) is 3.26. The second kappa shape index (κ2) is 10.6. The van der Waals surface area contributed by atoms with E-state index in [1.807, 2.05) is 0 Å². The van der Waals surface area contributed by atoms with E-state index in [9.17, 15) is 9.59 Å². The Bertz CT molecular complexity index is 922. The molecule has 0 heterocycles. The quantitative estimate of drug-likeness (QED) is 0.309. The molecule has 0 aromatic heterocycles. The highest BCUT2D eigenvalue weighted by molar-refractivity contribution is 6.33. The zero-order valence-corrected chi connectivity index (χ0v) is 15.8. The van der Waals surface area contributed by atoms with Gasteiger partial charge in [0.1, 0.15) is 13.0 Å². The van der Waals surface area contributed by atoms with E-state index in [2.05, 4.69) is 21.8 Å². The maximum absolute atomic E-state index is 11.9. The van der Waals surface area contributed by atoms with Crippen LogP contribution in [0.1, 0.15) is 12.0 Å². The van der Waals surface area contributed by atoms with Gasteiger partial charge in [-0.3, -0.25) is 9.59 Å². The minimum Gasteiger partial charge on any atom is -0.493 e. The Kier molecular flexibility index (Phi) is 7.88. The minimum absolute atomic E-state index is 0.0514. The predicted molar refractivity (Wildman–Crippen MR) is 108 cm³/mol. The fraction of sp³-hybridized carbons (Fsp3) is 0.150. The van der Waals surface area contributed by atoms with Crippen LogP contribution in [0.2, 0.25) is 5.02 Å². The zero-order valence-electron chi connectivity index (χ0n) is 15.1. The molecule has 0 aliphatic rings. The number of hydrogen-bond acceptors (Lipinski definition) is 5. The molecule has 0 saturated heterocycles. The first-order valence-electron chi connectivity index (χ1n) is 8.14. The summed E-state index contributed by atoms with van der Waals surface area (Å²) < 4.78 is 10.7. The molecular formula is C20H18ClN3O4. The van der Waals surface area contributed by atoms with Crippen LogP contribution >= 0.6 is 11.6 Å². The van der Waals surface area contributed by atoms with Crippen molar-refractivity contribution in [1.29, 1.82) is 0 Å². The highest BCUT2D eigenvalue weighted by atomic mass is 35.5. The van der Waals surface area contributed by atoms with Gasteiger partial charge in [0.2, 0.25) is 11.8 Å². The molecule has 2 N–H and O–H groups in total. The van der Waals surface area contributed by atoms with Gasteiger partial charge in [0.15, 0.2) is 11.5 Å². The normalized spacial score (nSPS) is 10.2. The second-order valence-corrected chi connectivity index (χ2v) is 5.78. The fourth-order valence-corrected chi connectivity index (χ4v) is 2.36. The van der Waals surface area contributed by atoms with E-state index in [0.717, 1.165) is 0 Å². The first kappa shape index (κ1) is 20.8. The summed E-state index contributed by atoms with van der Waals surface area (Å²) >= 11 is 5.96. The lowest BCUT2D eigenvalue weighted by atomic mass is 10.2. The summed E-state index contributed by atoms with van der Waals surface area (Å²) in [4.78, 5) is 23.8. The summed E-state index contributed by atoms with van der Waals surface area (Å²) in [6.45, 7) is 0.0514. The SMILES string of the molecule is C#CCOc1c(C=NNC(=O)CC(=O)Nc2ccccc2Cl)cccc1OC. The van der Waals surface area contributed by atoms with E-state index in [1.165, 1.54) is 13.3 Å². The molecular weight excluding hydrogens is 382 g/mol. The number of carbonyl (C=O) groups excluding carboxylic acids is 2. The Labute approximate surface area is 167 Å². The Balaban J connectivity index is 1.95. The number of carbonyl (C=O) groups is 2. The van der Waals surface area contributed by atoms with Gasteiger partial charge >= 0.3 is 0 Å². The third-order valence-electron chi connectivity index (χ3n) is 3.39. The van der Waals surface area contributed by atoms with Crippen molar-refractivity contribution in [2.75, 3.05) is 19.0 Å². The summed E-state index contributed by atoms with van der Waals surface area (Å²) in [5.74, 6) is 2.14. The lowest BCUT2D eigenvalue weighted by Gasteiger charge is -2.11. The molecule has 8 heteroatoms. The van der Waals surface area contributed by atoms with Crippen molar-refractivity contribution < 1.29 is 19.1 Å². The Morgan fingerprint density at radius 3 is 2.71 bits per heavy atom. The van der Waals surface area contributed by atoms with Gasteiger partial charge in [-0.1, -0.05) is 35.7 Å². The molecule has 28 heavy (non-hydrogen) atoms. The number of hydrazone groups is 1. The van der Waals surface area contributed by atoms with Gasteiger partial charge in [0, 0.05) is 5.56 Å². The molecule has 0 spiro atoms. The number of nitrogens with one attached hydrogen (secondary N) is 2. The molecule has 2 aromatic rings. The van der Waals surface area contributed by atoms with Crippen LogP contribution in [-0.2, 0) is 9.59 Å². The van der Waals surface area contributed by atoms with E-state index >= 15 is 0 Å². The van der Waals surface area contributed by atoms with Crippen LogP contribution in [0.4, 0.5) is 5.69 Å². The number of terminal acetylenes is 1. The van der Waals surface area contributed by atoms with Crippen molar-refractivity contribution in [2.45, 2.75) is 6.42 Å². The smallest absolute Gasteiger partial charge is 0.249 e. The molecule has 0 atom stereocenters. The number of hydrogen-bond donors (Lipinski definition) is 2. The molecule has 0 fully saturated rings. The van der Waals surface area contributed by atoms with Gasteiger partial charge in [0.05, 0.1) is 24.0 Å². The first-order valence-corrected chi connectivity index (χ1v) is 8.52. The first-order chi connectivity index (χ1) is 13.5. The molecule has 2 aromatic carbocycles. The summed E-state index contributed by atoms with van der Waals surface area (Å²) in [6, 6.07) is 11.9. The molecule has 2 amide bonds. The second-order valence-electron chi connectivity index (χ2n) is 5.37. The van der Waals surface area contributed by atoms with Crippen LogP contribution in [0.5, 0.6) is 11.5 Å². The van der Waals surface area contributed by atoms with Crippen LogP contribution in [0.15, 0.2) is 47.6 Å². The van der Waals surface area contributed by atoms with Crippen molar-refractivity contribution in [2.24, 2.45) is 5.10 Å². The molecule has 2 rings (SSSR count). The van der Waals surface area contributed by atoms with Gasteiger partial charge in [-0.2, -0.15) is 5.10 Å². The molecule has 144 valence electrons. The molecule has 0 aliphatic heterocycles. The summed E-state index contributed by atoms with van der Waals surface area (Å²) in [7, 11) is 1.50. The van der Waals surface area contributed by atoms with Gasteiger partial charge < -0.3 is 14.8 Å². The highest BCUT2D eigenvalue weighted by Crippen LogP contribution is 2.29. The number of benzene rings is 2. The maximum atomic E-state index is 11.9. The molecule has 0 radical (unpaired) electrons. The van der Waals surface area contributed by atoms with Crippen LogP contribution in [0, 0.1) is 12.3 Å². The average Bonchev–Trinajstić information content (AvgIpc) is 2.68. The van der Waals surface area contributed by atoms with Crippen molar-refractivity contribution >= 4 is 35.3 Å². The Morgan fingerprint density at radius 1 is 1.21 bits per heavy atom. The molecule has 0 bridgehead atoms. The largest absolute Gasteiger partial charge is 0.493 e. The topological polar surface area (TPSA) is 89.0 Å². The predicted octanol–water partition coefficient (Wildman–Crippen LogP) is 2.84. The van der Waals surface area contributed by atoms with Crippen LogP contribution in [0.25, 0.3) is 0 Å². The van der Waals surface area contributed by atoms with E-state index in [-0.39, 0.29) is 6.61 Å². The van der Waals surface area contributed by atoms with Gasteiger partial charge in [0.25, 0.3) is 0 Å². The van der Waals surface area contributed by atoms with E-state index in [1.54, 1.807) is 42.5 Å². The van der Waals surface area contributed by atoms with E-state index in [0.29, 0.717) is 27.8 Å². The van der Waals surface area contributed by atoms with Gasteiger partial charge in [-0.15, -0.1) is 6.42 Å². The molecule has 0 aliphatic carbocycles. The number of amides is 2. The molecule has 7 nitrogen and oxygen atoms in total. The lowest BCUT2D eigenvalue weighted by molar-refractivity contribution is -0.126. The van der Waals surface area contributed by atoms with E-state index in [4.69, 9.17) is 27.5 Å². The molecule has 0 unspecified atom stereocenters. The summed E-state index contributed by atoms with van der Waals surface area (Å²) in [5, 5.41) is 6.78. The fourth-order valence-electron chi connectivity index (χ4n) is 2.18. The van der Waals surface area contributed by atoms with Crippen LogP contribution in [-0.4, -0.2) is 31.7 Å². The third kappa shape index (κ3) is 6.04. The average molecular weight is 400 g/mol. The standard InChI is InChI=1S/C20H18ClN3O4/c1-3-11-28-20-14(7-6-10-17(20)27-2)13-22-24-19(26)12-18(25)23-16-9-5-4-8-15(16)21/h1,4-10,13H,11-12H2,2H3,(H,23,25)(H,24,26). The number of nitrogens with zero attached hydrogens (tertiary/aromatic N) is 1. The van der Waals surface area contributed by atoms with E-state index < -0.39 is 18.2 Å². The van der Waals surface area contributed by atoms with Crippen molar-refractivity contribution in [3.63, 3.8) is 0 Å². The lowest BCUT2D eigenvalue weighted by Crippen LogP contribution is -2.24. The number of para-hydroxylation sites is 2. The third-order valence-corrected chi connectivity index (χ3v) is 3.72. The minimum atomic E-state index is -0.588. The van der Waals surface area contributed by atoms with Crippen molar-refractivity contribution in [1.82, 2.24) is 5.43 Å². The molecule has 0 saturated carbocycles. The van der Waals surface area contributed by atoms with Crippen molar-refractivity contribution in [3.8, 4) is 23.8 Å². The number of methoxy groups -OCH3 is 1. The van der Waals surface area contributed by atoms with Crippen LogP contribution in [0.3, 0.4) is 0 Å². The summed E-state index contributed by atoms with van der Waals surface area (Å²) in [6.07, 6.45) is 6.17. The Hall–Kier alpha value is -3.50. The maximum Gasteiger partial charge on any atom is 0.249 e. The van der Waals surface area contributed by atoms with Crippen LogP contribution < -0.4 is 20.2 Å². The highest BCUT2D eigenvalue weighted by Gasteiger charge is 2.11. The number of halogens is 1. The number of anilines is 1. The number of ether oxygens (including phenoxy) is 2.